The summed E-state index contributed by atoms with van der Waals surface area (Å²) in [5, 5.41) is 0. The molecule has 6 fully saturated rings. The van der Waals surface area contributed by atoms with Crippen LogP contribution in [-0.2, 0) is 19.3 Å². The lowest BCUT2D eigenvalue weighted by molar-refractivity contribution is -0.137. The van der Waals surface area contributed by atoms with Crippen molar-refractivity contribution in [2.75, 3.05) is 50.2 Å². The van der Waals surface area contributed by atoms with Gasteiger partial charge in [0.15, 0.2) is 0 Å². The summed E-state index contributed by atoms with van der Waals surface area (Å²) >= 11 is 0. The van der Waals surface area contributed by atoms with E-state index >= 15 is 0 Å². The third kappa shape index (κ3) is 8.29. The summed E-state index contributed by atoms with van der Waals surface area (Å²) < 4.78 is 12.3. The van der Waals surface area contributed by atoms with Crippen LogP contribution in [0.1, 0.15) is 36.8 Å². The molecule has 2 aromatic heterocycles. The van der Waals surface area contributed by atoms with Gasteiger partial charge in [0, 0.05) is 61.2 Å². The van der Waals surface area contributed by atoms with E-state index in [1.54, 1.807) is 24.8 Å². The molecule has 4 bridgehead atoms. The van der Waals surface area contributed by atoms with Gasteiger partial charge in [0.2, 0.25) is 0 Å². The van der Waals surface area contributed by atoms with Crippen molar-refractivity contribution in [1.29, 1.82) is 0 Å². The van der Waals surface area contributed by atoms with Crippen LogP contribution in [0.3, 0.4) is 0 Å². The maximum atomic E-state index is 12.5. The summed E-state index contributed by atoms with van der Waals surface area (Å²) in [5.41, 5.74) is 11.4. The van der Waals surface area contributed by atoms with Gasteiger partial charge < -0.3 is 19.1 Å². The van der Waals surface area contributed by atoms with Gasteiger partial charge >= 0.3 is 24.0 Å². The molecule has 2 atom stereocenters. The number of benzene rings is 2. The second kappa shape index (κ2) is 15.8. The van der Waals surface area contributed by atoms with Crippen LogP contribution in [0.2, 0.25) is 0 Å². The molecule has 0 spiro atoms. The van der Waals surface area contributed by atoms with Gasteiger partial charge in [-0.2, -0.15) is 0 Å². The Balaban J connectivity index is 0.807. The van der Waals surface area contributed by atoms with Gasteiger partial charge in [0.25, 0.3) is 0 Å². The van der Waals surface area contributed by atoms with Crippen LogP contribution in [0, 0.1) is 25.7 Å². The van der Waals surface area contributed by atoms with E-state index < -0.39 is 11.9 Å². The average Bonchev–Trinajstić information content (AvgIpc) is 3.21. The number of anilines is 2. The smallest absolute Gasteiger partial charge is 0.355 e. The monoisotopic (exact) mass is 732 g/mol. The number of carbonyl (C=O) groups excluding carboxylic acids is 2. The second-order valence-corrected chi connectivity index (χ2v) is 14.5. The maximum Gasteiger partial charge on any atom is 0.355 e. The van der Waals surface area contributed by atoms with Crippen molar-refractivity contribution in [2.45, 2.75) is 51.7 Å². The van der Waals surface area contributed by atoms with E-state index in [1.165, 1.54) is 0 Å². The lowest BCUT2D eigenvalue weighted by atomic mass is 9.86. The molecule has 4 aromatic rings. The quantitative estimate of drug-likeness (QED) is 0.146. The number of rotatable bonds is 12. The number of nitrogens with zero attached hydrogens (tertiary/aromatic N) is 6. The zero-order valence-electron chi connectivity index (χ0n) is 30.4. The molecule has 0 radical (unpaired) electrons. The molecule has 0 saturated carbocycles. The molecule has 0 amide bonds. The highest BCUT2D eigenvalue weighted by molar-refractivity contribution is 5.92. The zero-order chi connectivity index (χ0) is 37.0. The van der Waals surface area contributed by atoms with Gasteiger partial charge in [-0.25, -0.2) is 40.5 Å². The lowest BCUT2D eigenvalue weighted by Gasteiger charge is -2.43. The first kappa shape index (κ1) is 35.4. The van der Waals surface area contributed by atoms with E-state index in [0.717, 1.165) is 110 Å². The maximum absolute atomic E-state index is 12.5. The van der Waals surface area contributed by atoms with Gasteiger partial charge in [0.1, 0.15) is 12.2 Å². The van der Waals surface area contributed by atoms with Crippen molar-refractivity contribution in [2.24, 2.45) is 11.8 Å². The van der Waals surface area contributed by atoms with E-state index in [1.807, 2.05) is 50.2 Å². The Morgan fingerprint density at radius 3 is 1.35 bits per heavy atom. The largest absolute Gasteiger partial charge is 0.458 e. The van der Waals surface area contributed by atoms with Crippen LogP contribution in [0.5, 0.6) is 12.0 Å². The summed E-state index contributed by atoms with van der Waals surface area (Å²) in [4.78, 5) is 58.0. The van der Waals surface area contributed by atoms with E-state index in [2.05, 4.69) is 40.7 Å². The molecule has 0 aliphatic carbocycles. The molecule has 54 heavy (non-hydrogen) atoms. The van der Waals surface area contributed by atoms with E-state index in [-0.39, 0.29) is 12.2 Å². The fourth-order valence-electron chi connectivity index (χ4n) is 7.65. The lowest BCUT2D eigenvalue weighted by Crippen LogP contribution is -2.52. The Kier molecular flexibility index (Phi) is 10.4. The number of hydrogen-bond acceptors (Lipinski definition) is 14. The van der Waals surface area contributed by atoms with Gasteiger partial charge in [0.05, 0.1) is 11.4 Å². The SMILES string of the molecule is Cc1ccc(-c2cnc(OC3CN4CCC3CC4)nc2)cc1NOC(=O)/C=C/C(=O)ONc1cc(-c2cnc(OC3CN4CCC3CC4)nc2)ccc1C. The number of hydrogen-bond donors (Lipinski definition) is 2. The number of aromatic nitrogens is 4. The molecule has 280 valence electrons. The van der Waals surface area contributed by atoms with Crippen molar-refractivity contribution in [3.05, 3.63) is 84.5 Å². The van der Waals surface area contributed by atoms with Crippen molar-refractivity contribution in [3.63, 3.8) is 0 Å². The number of aryl methyl sites for hydroxylation is 2. The number of ether oxygens (including phenoxy) is 2. The molecule has 2 aromatic carbocycles. The highest BCUT2D eigenvalue weighted by Crippen LogP contribution is 2.32. The minimum Gasteiger partial charge on any atom is -0.458 e. The van der Waals surface area contributed by atoms with Crippen LogP contribution in [-0.4, -0.2) is 93.2 Å². The zero-order valence-corrected chi connectivity index (χ0v) is 30.4. The third-order valence-corrected chi connectivity index (χ3v) is 11.0. The van der Waals surface area contributed by atoms with Gasteiger partial charge in [-0.1, -0.05) is 24.3 Å². The molecule has 8 heterocycles. The van der Waals surface area contributed by atoms with E-state index in [4.69, 9.17) is 19.1 Å². The summed E-state index contributed by atoms with van der Waals surface area (Å²) in [6, 6.07) is 12.1. The van der Waals surface area contributed by atoms with Crippen molar-refractivity contribution in [1.82, 2.24) is 29.7 Å². The Labute approximate surface area is 313 Å². The Hall–Kier alpha value is -5.60. The van der Waals surface area contributed by atoms with Crippen molar-refractivity contribution in [3.8, 4) is 34.3 Å². The van der Waals surface area contributed by atoms with Gasteiger partial charge in [-0.3, -0.25) is 9.80 Å². The molecule has 14 heteroatoms. The first-order chi connectivity index (χ1) is 26.3. The Morgan fingerprint density at radius 2 is 1.00 bits per heavy atom. The number of piperidine rings is 6. The van der Waals surface area contributed by atoms with Crippen molar-refractivity contribution >= 4 is 23.3 Å². The topological polar surface area (TPSA) is 153 Å². The standard InChI is InChI=1S/C40H44N8O6/c1-25-3-5-29(31-19-41-39(42-20-31)51-35-23-47-13-9-27(35)10-14-47)17-33(25)45-53-37(49)7-8-38(50)54-46-34-18-30(6-4-26(34)2)32-21-43-40(44-22-32)52-36-24-48-15-11-28(36)12-16-48/h3-8,17-22,27-28,35-36,45-46H,9-16,23-24H2,1-2H3/b8-7+. The molecule has 6 saturated heterocycles. The van der Waals surface area contributed by atoms with E-state index in [0.29, 0.717) is 35.2 Å². The summed E-state index contributed by atoms with van der Waals surface area (Å²) in [7, 11) is 0. The molecule has 10 rings (SSSR count). The predicted octanol–water partition coefficient (Wildman–Crippen LogP) is 5.16. The number of fused-ring (bicyclic) bond motifs is 6. The predicted molar refractivity (Wildman–Crippen MR) is 200 cm³/mol. The molecule has 6 aliphatic heterocycles. The first-order valence-electron chi connectivity index (χ1n) is 18.6. The summed E-state index contributed by atoms with van der Waals surface area (Å²) in [5.74, 6) is -0.452. The van der Waals surface area contributed by atoms with Crippen LogP contribution < -0.4 is 20.4 Å². The molecular weight excluding hydrogens is 688 g/mol. The summed E-state index contributed by atoms with van der Waals surface area (Å²) in [6.45, 7) is 10.2. The molecular formula is C40H44N8O6. The number of carbonyl (C=O) groups is 2. The molecule has 2 N–H and O–H groups in total. The second-order valence-electron chi connectivity index (χ2n) is 14.5. The summed E-state index contributed by atoms with van der Waals surface area (Å²) in [6.07, 6.45) is 13.7. The highest BCUT2D eigenvalue weighted by Gasteiger charge is 2.37. The van der Waals surface area contributed by atoms with Crippen molar-refractivity contribution < 1.29 is 28.7 Å². The fourth-order valence-corrected chi connectivity index (χ4v) is 7.65. The molecule has 2 unspecified atom stereocenters. The molecule has 6 aliphatic rings. The third-order valence-electron chi connectivity index (χ3n) is 11.0. The fraction of sp³-hybridized carbons (Fsp3) is 0.400. The Morgan fingerprint density at radius 1 is 0.611 bits per heavy atom. The first-order valence-corrected chi connectivity index (χ1v) is 18.6. The van der Waals surface area contributed by atoms with Crippen LogP contribution in [0.15, 0.2) is 73.3 Å². The minimum atomic E-state index is -0.784. The van der Waals surface area contributed by atoms with Crippen LogP contribution in [0.4, 0.5) is 11.4 Å². The minimum absolute atomic E-state index is 0.127. The Bertz CT molecular complexity index is 1850. The average molecular weight is 733 g/mol. The van der Waals surface area contributed by atoms with Gasteiger partial charge in [-0.05, 0) is 112 Å². The normalized spacial score (nSPS) is 24.2. The van der Waals surface area contributed by atoms with Gasteiger partial charge in [-0.15, -0.1) is 0 Å². The van der Waals surface area contributed by atoms with Crippen LogP contribution in [0.25, 0.3) is 22.3 Å². The van der Waals surface area contributed by atoms with Crippen LogP contribution >= 0.6 is 0 Å². The number of nitrogens with one attached hydrogen (secondary N) is 2. The van der Waals surface area contributed by atoms with E-state index in [9.17, 15) is 9.59 Å². The highest BCUT2D eigenvalue weighted by atomic mass is 16.7. The molecule has 14 nitrogen and oxygen atoms in total.